The Bertz CT molecular complexity index is 669. The van der Waals surface area contributed by atoms with Crippen molar-refractivity contribution in [3.8, 4) is 0 Å². The molecule has 0 bridgehead atoms. The number of anilines is 1. The lowest BCUT2D eigenvalue weighted by Crippen LogP contribution is -2.49. The SMILES string of the molecule is Cc1cc(C(=O)N[C@@H]2CCOC[C@@H]2C2CCOCC2)ccc1N1CCOCC1. The lowest BCUT2D eigenvalue weighted by atomic mass is 9.79. The van der Waals surface area contributed by atoms with Gasteiger partial charge in [0, 0.05) is 56.1 Å². The van der Waals surface area contributed by atoms with E-state index in [1.807, 2.05) is 12.1 Å². The van der Waals surface area contributed by atoms with Gasteiger partial charge < -0.3 is 24.4 Å². The van der Waals surface area contributed by atoms with Crippen LogP contribution >= 0.6 is 0 Å². The number of nitrogens with zero attached hydrogens (tertiary/aromatic N) is 1. The zero-order chi connectivity index (χ0) is 19.3. The Labute approximate surface area is 167 Å². The molecule has 3 aliphatic heterocycles. The molecule has 2 atom stereocenters. The summed E-state index contributed by atoms with van der Waals surface area (Å²) in [6.45, 7) is 8.53. The van der Waals surface area contributed by atoms with Gasteiger partial charge in [-0.15, -0.1) is 0 Å². The molecule has 154 valence electrons. The van der Waals surface area contributed by atoms with Crippen LogP contribution in [0.2, 0.25) is 0 Å². The molecule has 3 aliphatic rings. The van der Waals surface area contributed by atoms with E-state index in [2.05, 4.69) is 23.2 Å². The van der Waals surface area contributed by atoms with E-state index in [-0.39, 0.29) is 11.9 Å². The number of nitrogens with one attached hydrogen (secondary N) is 1. The summed E-state index contributed by atoms with van der Waals surface area (Å²) in [4.78, 5) is 15.3. The minimum Gasteiger partial charge on any atom is -0.381 e. The number of hydrogen-bond donors (Lipinski definition) is 1. The Balaban J connectivity index is 1.42. The van der Waals surface area contributed by atoms with Crippen LogP contribution in [0.15, 0.2) is 18.2 Å². The maximum Gasteiger partial charge on any atom is 0.251 e. The number of benzene rings is 1. The molecular weight excluding hydrogens is 356 g/mol. The Morgan fingerprint density at radius 2 is 1.71 bits per heavy atom. The molecule has 1 N–H and O–H groups in total. The quantitative estimate of drug-likeness (QED) is 0.858. The van der Waals surface area contributed by atoms with Crippen molar-refractivity contribution in [3.63, 3.8) is 0 Å². The molecule has 28 heavy (non-hydrogen) atoms. The fraction of sp³-hybridized carbons (Fsp3) is 0.682. The molecule has 0 spiro atoms. The van der Waals surface area contributed by atoms with Gasteiger partial charge in [-0.1, -0.05) is 0 Å². The van der Waals surface area contributed by atoms with Gasteiger partial charge in [0.1, 0.15) is 0 Å². The second-order valence-electron chi connectivity index (χ2n) is 8.16. The minimum atomic E-state index is 0.0283. The molecule has 0 unspecified atom stereocenters. The van der Waals surface area contributed by atoms with Crippen LogP contribution in [0.25, 0.3) is 0 Å². The second-order valence-corrected chi connectivity index (χ2v) is 8.16. The summed E-state index contributed by atoms with van der Waals surface area (Å²) < 4.78 is 16.7. The summed E-state index contributed by atoms with van der Waals surface area (Å²) in [5.41, 5.74) is 3.08. The summed E-state index contributed by atoms with van der Waals surface area (Å²) in [6.07, 6.45) is 3.01. The maximum atomic E-state index is 13.0. The Hall–Kier alpha value is -1.63. The highest BCUT2D eigenvalue weighted by molar-refractivity contribution is 5.95. The molecule has 1 aromatic rings. The van der Waals surface area contributed by atoms with E-state index in [0.717, 1.165) is 83.1 Å². The summed E-state index contributed by atoms with van der Waals surface area (Å²) >= 11 is 0. The topological polar surface area (TPSA) is 60.0 Å². The molecule has 3 saturated heterocycles. The highest BCUT2D eigenvalue weighted by Gasteiger charge is 2.34. The van der Waals surface area contributed by atoms with E-state index in [1.54, 1.807) is 0 Å². The van der Waals surface area contributed by atoms with Crippen LogP contribution in [-0.2, 0) is 14.2 Å². The smallest absolute Gasteiger partial charge is 0.251 e. The van der Waals surface area contributed by atoms with Crippen molar-refractivity contribution in [1.29, 1.82) is 0 Å². The van der Waals surface area contributed by atoms with Crippen molar-refractivity contribution < 1.29 is 19.0 Å². The fourth-order valence-corrected chi connectivity index (χ4v) is 4.76. The first-order valence-corrected chi connectivity index (χ1v) is 10.6. The van der Waals surface area contributed by atoms with Crippen LogP contribution in [-0.4, -0.2) is 64.7 Å². The maximum absolute atomic E-state index is 13.0. The molecule has 0 aromatic heterocycles. The Morgan fingerprint density at radius 1 is 1.00 bits per heavy atom. The van der Waals surface area contributed by atoms with Crippen molar-refractivity contribution in [2.75, 3.05) is 57.6 Å². The summed E-state index contributed by atoms with van der Waals surface area (Å²) in [6, 6.07) is 6.23. The van der Waals surface area contributed by atoms with Crippen molar-refractivity contribution in [2.45, 2.75) is 32.2 Å². The van der Waals surface area contributed by atoms with E-state index in [4.69, 9.17) is 14.2 Å². The zero-order valence-electron chi connectivity index (χ0n) is 16.8. The zero-order valence-corrected chi connectivity index (χ0v) is 16.8. The first-order valence-electron chi connectivity index (χ1n) is 10.6. The van der Waals surface area contributed by atoms with Gasteiger partial charge in [-0.25, -0.2) is 0 Å². The lowest BCUT2D eigenvalue weighted by molar-refractivity contribution is -0.0259. The molecule has 4 rings (SSSR count). The number of carbonyl (C=O) groups is 1. The molecule has 0 radical (unpaired) electrons. The highest BCUT2D eigenvalue weighted by Crippen LogP contribution is 2.31. The number of aryl methyl sites for hydroxylation is 1. The largest absolute Gasteiger partial charge is 0.381 e. The van der Waals surface area contributed by atoms with Crippen molar-refractivity contribution in [2.24, 2.45) is 11.8 Å². The third kappa shape index (κ3) is 4.50. The number of morpholine rings is 1. The van der Waals surface area contributed by atoms with Crippen LogP contribution in [0.5, 0.6) is 0 Å². The van der Waals surface area contributed by atoms with Crippen molar-refractivity contribution in [3.05, 3.63) is 29.3 Å². The average Bonchev–Trinajstić information content (AvgIpc) is 2.75. The molecule has 1 aromatic carbocycles. The second kappa shape index (κ2) is 9.25. The fourth-order valence-electron chi connectivity index (χ4n) is 4.76. The van der Waals surface area contributed by atoms with Gasteiger partial charge in [-0.3, -0.25) is 4.79 Å². The highest BCUT2D eigenvalue weighted by atomic mass is 16.5. The minimum absolute atomic E-state index is 0.0283. The first kappa shape index (κ1) is 19.7. The van der Waals surface area contributed by atoms with Crippen molar-refractivity contribution >= 4 is 11.6 Å². The van der Waals surface area contributed by atoms with Crippen LogP contribution in [0.4, 0.5) is 5.69 Å². The molecule has 1 amide bonds. The molecule has 3 fully saturated rings. The lowest BCUT2D eigenvalue weighted by Gasteiger charge is -2.39. The normalized spacial score (nSPS) is 26.8. The Kier molecular flexibility index (Phi) is 6.50. The molecule has 0 aliphatic carbocycles. The average molecular weight is 389 g/mol. The van der Waals surface area contributed by atoms with E-state index in [0.29, 0.717) is 11.8 Å². The van der Waals surface area contributed by atoms with Gasteiger partial charge in [0.15, 0.2) is 0 Å². The monoisotopic (exact) mass is 388 g/mol. The van der Waals surface area contributed by atoms with Crippen molar-refractivity contribution in [1.82, 2.24) is 5.32 Å². The van der Waals surface area contributed by atoms with E-state index in [1.165, 1.54) is 5.69 Å². The van der Waals surface area contributed by atoms with Gasteiger partial charge in [-0.2, -0.15) is 0 Å². The van der Waals surface area contributed by atoms with Gasteiger partial charge in [0.25, 0.3) is 5.91 Å². The summed E-state index contributed by atoms with van der Waals surface area (Å²) in [7, 11) is 0. The molecule has 0 saturated carbocycles. The van der Waals surface area contributed by atoms with E-state index in [9.17, 15) is 4.79 Å². The predicted octanol–water partition coefficient (Wildman–Crippen LogP) is 2.39. The van der Waals surface area contributed by atoms with Gasteiger partial charge >= 0.3 is 0 Å². The Morgan fingerprint density at radius 3 is 2.46 bits per heavy atom. The molecular formula is C22H32N2O4. The number of ether oxygens (including phenoxy) is 3. The van der Waals surface area contributed by atoms with Crippen LogP contribution in [0.3, 0.4) is 0 Å². The van der Waals surface area contributed by atoms with E-state index < -0.39 is 0 Å². The van der Waals surface area contributed by atoms with Crippen LogP contribution in [0, 0.1) is 18.8 Å². The summed E-state index contributed by atoms with van der Waals surface area (Å²) in [5.74, 6) is 0.987. The van der Waals surface area contributed by atoms with Crippen LogP contribution in [0.1, 0.15) is 35.2 Å². The summed E-state index contributed by atoms with van der Waals surface area (Å²) in [5, 5.41) is 3.32. The van der Waals surface area contributed by atoms with Gasteiger partial charge in [0.2, 0.25) is 0 Å². The van der Waals surface area contributed by atoms with E-state index >= 15 is 0 Å². The molecule has 6 nitrogen and oxygen atoms in total. The molecule has 3 heterocycles. The number of hydrogen-bond acceptors (Lipinski definition) is 5. The molecule has 6 heteroatoms. The third-order valence-electron chi connectivity index (χ3n) is 6.40. The third-order valence-corrected chi connectivity index (χ3v) is 6.40. The van der Waals surface area contributed by atoms with Crippen LogP contribution < -0.4 is 10.2 Å². The van der Waals surface area contributed by atoms with Gasteiger partial charge in [0.05, 0.1) is 19.8 Å². The number of amides is 1. The predicted molar refractivity (Wildman–Crippen MR) is 108 cm³/mol. The number of rotatable bonds is 4. The number of carbonyl (C=O) groups excluding carboxylic acids is 1. The van der Waals surface area contributed by atoms with Gasteiger partial charge in [-0.05, 0) is 55.9 Å². The standard InChI is InChI=1S/C22H32N2O4/c1-16-14-18(2-3-21(16)24-7-12-27-13-8-24)22(25)23-20-6-11-28-15-19(20)17-4-9-26-10-5-17/h2-3,14,17,19-20H,4-13,15H2,1H3,(H,23,25)/t19-,20-/m1/s1. The first-order chi connectivity index (χ1) is 13.7.